The first kappa shape index (κ1) is 14.8. The SMILES string of the molecule is CNc1ccc(S(=O)(=O)NCc2ccc(Cl)cc2)cc1. The van der Waals surface area contributed by atoms with Gasteiger partial charge in [0.25, 0.3) is 0 Å². The molecule has 6 heteroatoms. The molecule has 4 nitrogen and oxygen atoms in total. The molecular formula is C14H15ClN2O2S. The van der Waals surface area contributed by atoms with Gasteiger partial charge in [-0.1, -0.05) is 23.7 Å². The zero-order chi connectivity index (χ0) is 14.6. The van der Waals surface area contributed by atoms with E-state index in [-0.39, 0.29) is 11.4 Å². The van der Waals surface area contributed by atoms with Gasteiger partial charge in [-0.25, -0.2) is 13.1 Å². The quantitative estimate of drug-likeness (QED) is 0.893. The van der Waals surface area contributed by atoms with Crippen molar-refractivity contribution in [1.82, 2.24) is 4.72 Å². The summed E-state index contributed by atoms with van der Waals surface area (Å²) in [4.78, 5) is 0.241. The molecule has 0 aliphatic carbocycles. The summed E-state index contributed by atoms with van der Waals surface area (Å²) >= 11 is 5.78. The van der Waals surface area contributed by atoms with Crippen LogP contribution in [0.5, 0.6) is 0 Å². The van der Waals surface area contributed by atoms with Crippen molar-refractivity contribution in [2.75, 3.05) is 12.4 Å². The summed E-state index contributed by atoms with van der Waals surface area (Å²) in [5.41, 5.74) is 1.71. The van der Waals surface area contributed by atoms with E-state index in [0.717, 1.165) is 11.3 Å². The minimum atomic E-state index is -3.50. The van der Waals surface area contributed by atoms with Crippen molar-refractivity contribution in [3.05, 3.63) is 59.1 Å². The smallest absolute Gasteiger partial charge is 0.240 e. The van der Waals surface area contributed by atoms with Gasteiger partial charge in [-0.2, -0.15) is 0 Å². The van der Waals surface area contributed by atoms with Crippen LogP contribution in [0.25, 0.3) is 0 Å². The van der Waals surface area contributed by atoms with Crippen LogP contribution in [0.1, 0.15) is 5.56 Å². The van der Waals surface area contributed by atoms with Gasteiger partial charge in [0.15, 0.2) is 0 Å². The van der Waals surface area contributed by atoms with Crippen LogP contribution >= 0.6 is 11.6 Å². The van der Waals surface area contributed by atoms with Crippen LogP contribution in [0.2, 0.25) is 5.02 Å². The maximum Gasteiger partial charge on any atom is 0.240 e. The second kappa shape index (κ2) is 6.26. The molecule has 0 heterocycles. The average Bonchev–Trinajstić information content (AvgIpc) is 2.47. The molecule has 0 atom stereocenters. The van der Waals surface area contributed by atoms with E-state index in [9.17, 15) is 8.42 Å². The van der Waals surface area contributed by atoms with E-state index in [1.54, 1.807) is 55.6 Å². The number of rotatable bonds is 5. The highest BCUT2D eigenvalue weighted by molar-refractivity contribution is 7.89. The lowest BCUT2D eigenvalue weighted by Crippen LogP contribution is -2.23. The monoisotopic (exact) mass is 310 g/mol. The molecule has 106 valence electrons. The Labute approximate surface area is 123 Å². The summed E-state index contributed by atoms with van der Waals surface area (Å²) in [6, 6.07) is 13.6. The summed E-state index contributed by atoms with van der Waals surface area (Å²) in [7, 11) is -1.72. The van der Waals surface area contributed by atoms with Crippen molar-refractivity contribution < 1.29 is 8.42 Å². The molecule has 0 fully saturated rings. The molecule has 2 rings (SSSR count). The molecule has 2 aromatic carbocycles. The molecule has 0 aliphatic heterocycles. The van der Waals surface area contributed by atoms with E-state index in [1.165, 1.54) is 0 Å². The molecule has 0 saturated heterocycles. The van der Waals surface area contributed by atoms with E-state index in [0.29, 0.717) is 5.02 Å². The van der Waals surface area contributed by atoms with Gasteiger partial charge in [-0.3, -0.25) is 0 Å². The molecule has 2 N–H and O–H groups in total. The van der Waals surface area contributed by atoms with Crippen molar-refractivity contribution >= 4 is 27.3 Å². The Morgan fingerprint density at radius 2 is 1.60 bits per heavy atom. The molecule has 0 unspecified atom stereocenters. The second-order valence-electron chi connectivity index (χ2n) is 4.23. The number of halogens is 1. The van der Waals surface area contributed by atoms with Crippen molar-refractivity contribution in [3.8, 4) is 0 Å². The van der Waals surface area contributed by atoms with Crippen LogP contribution in [0.15, 0.2) is 53.4 Å². The van der Waals surface area contributed by atoms with Crippen LogP contribution in [0.4, 0.5) is 5.69 Å². The Morgan fingerprint density at radius 1 is 1.00 bits per heavy atom. The zero-order valence-corrected chi connectivity index (χ0v) is 12.5. The van der Waals surface area contributed by atoms with Gasteiger partial charge in [0.05, 0.1) is 4.90 Å². The van der Waals surface area contributed by atoms with Crippen molar-refractivity contribution in [3.63, 3.8) is 0 Å². The number of benzene rings is 2. The average molecular weight is 311 g/mol. The number of hydrogen-bond acceptors (Lipinski definition) is 3. The largest absolute Gasteiger partial charge is 0.388 e. The molecule has 0 bridgehead atoms. The Bertz CT molecular complexity index is 667. The van der Waals surface area contributed by atoms with Crippen molar-refractivity contribution in [2.24, 2.45) is 0 Å². The molecule has 2 aromatic rings. The van der Waals surface area contributed by atoms with Gasteiger partial charge >= 0.3 is 0 Å². The third-order valence-corrected chi connectivity index (χ3v) is 4.50. The molecule has 20 heavy (non-hydrogen) atoms. The topological polar surface area (TPSA) is 58.2 Å². The Kier molecular flexibility index (Phi) is 4.65. The second-order valence-corrected chi connectivity index (χ2v) is 6.43. The third kappa shape index (κ3) is 3.72. The highest BCUT2D eigenvalue weighted by atomic mass is 35.5. The predicted octanol–water partition coefficient (Wildman–Crippen LogP) is 2.86. The Morgan fingerprint density at radius 3 is 2.15 bits per heavy atom. The summed E-state index contributed by atoms with van der Waals surface area (Å²) in [5, 5.41) is 3.57. The number of sulfonamides is 1. The lowest BCUT2D eigenvalue weighted by Gasteiger charge is -2.08. The fourth-order valence-electron chi connectivity index (χ4n) is 1.66. The normalized spacial score (nSPS) is 11.3. The number of nitrogens with one attached hydrogen (secondary N) is 2. The van der Waals surface area contributed by atoms with Crippen molar-refractivity contribution in [2.45, 2.75) is 11.4 Å². The molecule has 0 aliphatic rings. The lowest BCUT2D eigenvalue weighted by molar-refractivity contribution is 0.581. The lowest BCUT2D eigenvalue weighted by atomic mass is 10.2. The molecule has 0 spiro atoms. The summed E-state index contributed by atoms with van der Waals surface area (Å²) < 4.78 is 26.8. The minimum Gasteiger partial charge on any atom is -0.388 e. The standard InChI is InChI=1S/C14H15ClN2O2S/c1-16-13-6-8-14(9-7-13)20(18,19)17-10-11-2-4-12(15)5-3-11/h2-9,16-17H,10H2,1H3. The van der Waals surface area contributed by atoms with Crippen LogP contribution in [-0.4, -0.2) is 15.5 Å². The zero-order valence-electron chi connectivity index (χ0n) is 10.9. The van der Waals surface area contributed by atoms with Gasteiger partial charge in [0.1, 0.15) is 0 Å². The first-order valence-electron chi connectivity index (χ1n) is 6.03. The van der Waals surface area contributed by atoms with Gasteiger partial charge in [0.2, 0.25) is 10.0 Å². The minimum absolute atomic E-state index is 0.229. The van der Waals surface area contributed by atoms with Gasteiger partial charge < -0.3 is 5.32 Å². The van der Waals surface area contributed by atoms with E-state index in [2.05, 4.69) is 10.0 Å². The van der Waals surface area contributed by atoms with Crippen LogP contribution in [0, 0.1) is 0 Å². The summed E-state index contributed by atoms with van der Waals surface area (Å²) in [6.07, 6.45) is 0. The molecule has 0 saturated carbocycles. The molecule has 0 amide bonds. The van der Waals surface area contributed by atoms with E-state index < -0.39 is 10.0 Å². The highest BCUT2D eigenvalue weighted by Gasteiger charge is 2.13. The van der Waals surface area contributed by atoms with Crippen LogP contribution in [0.3, 0.4) is 0 Å². The van der Waals surface area contributed by atoms with Gasteiger partial charge in [-0.05, 0) is 42.0 Å². The van der Waals surface area contributed by atoms with Crippen LogP contribution in [-0.2, 0) is 16.6 Å². The highest BCUT2D eigenvalue weighted by Crippen LogP contribution is 2.14. The number of anilines is 1. The van der Waals surface area contributed by atoms with E-state index >= 15 is 0 Å². The third-order valence-electron chi connectivity index (χ3n) is 2.83. The molecule has 0 aromatic heterocycles. The van der Waals surface area contributed by atoms with Crippen molar-refractivity contribution in [1.29, 1.82) is 0 Å². The van der Waals surface area contributed by atoms with Crippen LogP contribution < -0.4 is 10.0 Å². The maximum atomic E-state index is 12.1. The molecular weight excluding hydrogens is 296 g/mol. The van der Waals surface area contributed by atoms with Gasteiger partial charge in [-0.15, -0.1) is 0 Å². The molecule has 0 radical (unpaired) electrons. The predicted molar refractivity (Wildman–Crippen MR) is 81.5 cm³/mol. The maximum absolute atomic E-state index is 12.1. The first-order valence-corrected chi connectivity index (χ1v) is 7.89. The Hall–Kier alpha value is -1.56. The fourth-order valence-corrected chi connectivity index (χ4v) is 2.81. The summed E-state index contributed by atoms with van der Waals surface area (Å²) in [5.74, 6) is 0. The number of hydrogen-bond donors (Lipinski definition) is 2. The van der Waals surface area contributed by atoms with E-state index in [4.69, 9.17) is 11.6 Å². The van der Waals surface area contributed by atoms with E-state index in [1.807, 2.05) is 0 Å². The van der Waals surface area contributed by atoms with Gasteiger partial charge in [0, 0.05) is 24.3 Å². The fraction of sp³-hybridized carbons (Fsp3) is 0.143. The summed E-state index contributed by atoms with van der Waals surface area (Å²) in [6.45, 7) is 0.229. The Balaban J connectivity index is 2.08. The first-order chi connectivity index (χ1) is 9.51.